The van der Waals surface area contributed by atoms with Gasteiger partial charge in [0.05, 0.1) is 11.7 Å². The van der Waals surface area contributed by atoms with E-state index in [2.05, 4.69) is 16.9 Å². The van der Waals surface area contributed by atoms with E-state index >= 15 is 0 Å². The predicted octanol–water partition coefficient (Wildman–Crippen LogP) is 1.58. The van der Waals surface area contributed by atoms with E-state index in [-0.39, 0.29) is 11.6 Å². The molecule has 1 heterocycles. The maximum Gasteiger partial charge on any atom is 0.243 e. The molecule has 14 heavy (non-hydrogen) atoms. The fraction of sp³-hybridized carbons (Fsp3) is 0.200. The summed E-state index contributed by atoms with van der Waals surface area (Å²) >= 11 is 0. The Morgan fingerprint density at radius 1 is 1.79 bits per heavy atom. The Bertz CT molecular complexity index is 352. The zero-order chi connectivity index (χ0) is 10.6. The van der Waals surface area contributed by atoms with Gasteiger partial charge in [0.25, 0.3) is 0 Å². The van der Waals surface area contributed by atoms with E-state index in [1.807, 2.05) is 0 Å². The van der Waals surface area contributed by atoms with E-state index < -0.39 is 11.9 Å². The van der Waals surface area contributed by atoms with E-state index in [0.717, 1.165) is 6.08 Å². The monoisotopic (exact) mass is 194 g/mol. The number of nitrogens with one attached hydrogen (secondary N) is 1. The van der Waals surface area contributed by atoms with Crippen LogP contribution in [-0.2, 0) is 4.79 Å². The number of hydrogen-bond donors (Lipinski definition) is 1. The van der Waals surface area contributed by atoms with Gasteiger partial charge in [-0.15, -0.1) is 0 Å². The molecule has 0 aliphatic heterocycles. The number of halogens is 1. The molecule has 0 aromatic carbocycles. The van der Waals surface area contributed by atoms with Crippen LogP contribution in [-0.4, -0.2) is 10.9 Å². The summed E-state index contributed by atoms with van der Waals surface area (Å²) in [6.07, 6.45) is 2.62. The van der Waals surface area contributed by atoms with Crippen LogP contribution in [0.5, 0.6) is 0 Å². The van der Waals surface area contributed by atoms with Crippen molar-refractivity contribution in [2.75, 3.05) is 0 Å². The summed E-state index contributed by atoms with van der Waals surface area (Å²) in [5, 5.41) is 2.53. The third-order valence-corrected chi connectivity index (χ3v) is 1.74. The van der Waals surface area contributed by atoms with Gasteiger partial charge in [-0.2, -0.15) is 0 Å². The Labute approximate surface area is 81.7 Å². The van der Waals surface area contributed by atoms with E-state index in [1.54, 1.807) is 6.92 Å². The maximum atomic E-state index is 13.2. The van der Waals surface area contributed by atoms with E-state index in [0.29, 0.717) is 0 Å². The fourth-order valence-electron chi connectivity index (χ4n) is 1.06. The van der Waals surface area contributed by atoms with Gasteiger partial charge in [0, 0.05) is 6.20 Å². The van der Waals surface area contributed by atoms with Gasteiger partial charge in [-0.25, -0.2) is 4.39 Å². The summed E-state index contributed by atoms with van der Waals surface area (Å²) in [4.78, 5) is 14.8. The molecule has 1 aromatic rings. The van der Waals surface area contributed by atoms with Crippen LogP contribution in [0, 0.1) is 5.82 Å². The van der Waals surface area contributed by atoms with Gasteiger partial charge in [0.2, 0.25) is 5.91 Å². The van der Waals surface area contributed by atoms with Crippen molar-refractivity contribution in [2.45, 2.75) is 13.0 Å². The van der Waals surface area contributed by atoms with Gasteiger partial charge in [-0.05, 0) is 25.1 Å². The molecule has 1 amide bonds. The van der Waals surface area contributed by atoms with E-state index in [1.165, 1.54) is 18.3 Å². The first kappa shape index (κ1) is 10.4. The van der Waals surface area contributed by atoms with Gasteiger partial charge in [-0.3, -0.25) is 9.78 Å². The summed E-state index contributed by atoms with van der Waals surface area (Å²) in [5.41, 5.74) is 0.225. The summed E-state index contributed by atoms with van der Waals surface area (Å²) < 4.78 is 13.2. The fourth-order valence-corrected chi connectivity index (χ4v) is 1.06. The molecule has 74 valence electrons. The number of carbonyl (C=O) groups excluding carboxylic acids is 1. The van der Waals surface area contributed by atoms with Crippen LogP contribution in [0.25, 0.3) is 0 Å². The van der Waals surface area contributed by atoms with E-state index in [4.69, 9.17) is 0 Å². The highest BCUT2D eigenvalue weighted by Crippen LogP contribution is 2.12. The molecule has 4 heteroatoms. The molecule has 0 unspecified atom stereocenters. The minimum absolute atomic E-state index is 0.225. The molecular weight excluding hydrogens is 183 g/mol. The van der Waals surface area contributed by atoms with Crippen LogP contribution in [0.15, 0.2) is 31.0 Å². The van der Waals surface area contributed by atoms with Crippen molar-refractivity contribution < 1.29 is 9.18 Å². The molecule has 1 atom stereocenters. The maximum absolute atomic E-state index is 13.2. The molecule has 0 saturated heterocycles. The molecular formula is C10H11FN2O. The molecule has 1 N–H and O–H groups in total. The predicted molar refractivity (Wildman–Crippen MR) is 50.9 cm³/mol. The number of pyridine rings is 1. The van der Waals surface area contributed by atoms with Crippen LogP contribution < -0.4 is 5.32 Å². The second-order valence-electron chi connectivity index (χ2n) is 2.80. The smallest absolute Gasteiger partial charge is 0.243 e. The molecule has 0 aliphatic rings. The third-order valence-electron chi connectivity index (χ3n) is 1.74. The highest BCUT2D eigenvalue weighted by Gasteiger charge is 2.12. The quantitative estimate of drug-likeness (QED) is 0.742. The Kier molecular flexibility index (Phi) is 3.34. The summed E-state index contributed by atoms with van der Waals surface area (Å²) in [6, 6.07) is 2.35. The lowest BCUT2D eigenvalue weighted by Crippen LogP contribution is -2.25. The van der Waals surface area contributed by atoms with Crippen molar-refractivity contribution in [3.05, 3.63) is 42.5 Å². The second-order valence-corrected chi connectivity index (χ2v) is 2.80. The molecule has 0 aliphatic carbocycles. The zero-order valence-corrected chi connectivity index (χ0v) is 7.83. The molecule has 0 saturated carbocycles. The first-order valence-corrected chi connectivity index (χ1v) is 4.18. The average Bonchev–Trinajstić information content (AvgIpc) is 2.18. The van der Waals surface area contributed by atoms with Crippen LogP contribution in [0.1, 0.15) is 18.7 Å². The van der Waals surface area contributed by atoms with Crippen molar-refractivity contribution in [1.29, 1.82) is 0 Å². The largest absolute Gasteiger partial charge is 0.344 e. The van der Waals surface area contributed by atoms with Crippen molar-refractivity contribution in [1.82, 2.24) is 10.3 Å². The second kappa shape index (κ2) is 4.50. The molecule has 0 bridgehead atoms. The van der Waals surface area contributed by atoms with Gasteiger partial charge in [0.15, 0.2) is 0 Å². The molecule has 1 rings (SSSR count). The van der Waals surface area contributed by atoms with Crippen molar-refractivity contribution in [3.63, 3.8) is 0 Å². The lowest BCUT2D eigenvalue weighted by atomic mass is 10.2. The number of hydrogen-bond acceptors (Lipinski definition) is 2. The molecule has 1 aromatic heterocycles. The normalized spacial score (nSPS) is 11.9. The summed E-state index contributed by atoms with van der Waals surface area (Å²) in [6.45, 7) is 4.96. The minimum atomic E-state index is -0.457. The van der Waals surface area contributed by atoms with Gasteiger partial charge >= 0.3 is 0 Å². The Hall–Kier alpha value is -1.71. The molecule has 3 nitrogen and oxygen atoms in total. The van der Waals surface area contributed by atoms with Crippen molar-refractivity contribution in [3.8, 4) is 0 Å². The van der Waals surface area contributed by atoms with Gasteiger partial charge in [0.1, 0.15) is 5.82 Å². The number of nitrogens with zero attached hydrogens (tertiary/aromatic N) is 1. The standard InChI is InChI=1S/C10H11FN2O/c1-3-9(14)13-7(2)10-8(11)5-4-6-12-10/h3-7H,1H2,2H3,(H,13,14)/t7-/m1/s1. The topological polar surface area (TPSA) is 42.0 Å². The summed E-state index contributed by atoms with van der Waals surface area (Å²) in [7, 11) is 0. The molecule has 0 fully saturated rings. The first-order valence-electron chi connectivity index (χ1n) is 4.18. The molecule has 0 spiro atoms. The van der Waals surface area contributed by atoms with Crippen LogP contribution in [0.3, 0.4) is 0 Å². The number of amides is 1. The van der Waals surface area contributed by atoms with Gasteiger partial charge < -0.3 is 5.32 Å². The third kappa shape index (κ3) is 2.39. The van der Waals surface area contributed by atoms with Crippen LogP contribution in [0.2, 0.25) is 0 Å². The van der Waals surface area contributed by atoms with Crippen LogP contribution in [0.4, 0.5) is 4.39 Å². The lowest BCUT2D eigenvalue weighted by molar-refractivity contribution is -0.117. The number of rotatable bonds is 3. The average molecular weight is 194 g/mol. The Balaban J connectivity index is 2.79. The number of carbonyl (C=O) groups is 1. The Morgan fingerprint density at radius 2 is 2.50 bits per heavy atom. The van der Waals surface area contributed by atoms with Gasteiger partial charge in [-0.1, -0.05) is 6.58 Å². The highest BCUT2D eigenvalue weighted by molar-refractivity contribution is 5.87. The van der Waals surface area contributed by atoms with Crippen molar-refractivity contribution >= 4 is 5.91 Å². The lowest BCUT2D eigenvalue weighted by Gasteiger charge is -2.11. The highest BCUT2D eigenvalue weighted by atomic mass is 19.1. The summed E-state index contributed by atoms with van der Waals surface area (Å²) in [5.74, 6) is -0.771. The Morgan fingerprint density at radius 3 is 3.07 bits per heavy atom. The van der Waals surface area contributed by atoms with Crippen molar-refractivity contribution in [2.24, 2.45) is 0 Å². The minimum Gasteiger partial charge on any atom is -0.344 e. The van der Waals surface area contributed by atoms with Crippen LogP contribution >= 0.6 is 0 Å². The zero-order valence-electron chi connectivity index (χ0n) is 7.83. The SMILES string of the molecule is C=CC(=O)N[C@H](C)c1ncccc1F. The first-order chi connectivity index (χ1) is 6.65. The number of aromatic nitrogens is 1. The van der Waals surface area contributed by atoms with E-state index in [9.17, 15) is 9.18 Å². The molecule has 0 radical (unpaired) electrons.